The van der Waals surface area contributed by atoms with E-state index in [-0.39, 0.29) is 24.7 Å². The summed E-state index contributed by atoms with van der Waals surface area (Å²) in [5.74, 6) is -0.0384. The zero-order valence-electron chi connectivity index (χ0n) is 21.4. The summed E-state index contributed by atoms with van der Waals surface area (Å²) in [7, 11) is 0. The Labute approximate surface area is 225 Å². The number of hydrogen-bond donors (Lipinski definition) is 4. The number of ether oxygens (including phenoxy) is 3. The second kappa shape index (κ2) is 19.0. The number of benzene rings is 1. The maximum Gasteiger partial charge on any atom is 0.404 e. The summed E-state index contributed by atoms with van der Waals surface area (Å²) in [6.07, 6.45) is 2.23. The van der Waals surface area contributed by atoms with Crippen LogP contribution in [-0.4, -0.2) is 92.2 Å². The molecule has 0 aliphatic heterocycles. The number of carbonyl (C=O) groups is 3. The smallest absolute Gasteiger partial charge is 0.404 e. The highest BCUT2D eigenvalue weighted by Gasteiger charge is 2.10. The predicted octanol–water partition coefficient (Wildman–Crippen LogP) is 2.39. The summed E-state index contributed by atoms with van der Waals surface area (Å²) >= 11 is 1.36. The van der Waals surface area contributed by atoms with Gasteiger partial charge in [0.1, 0.15) is 0 Å². The predicted molar refractivity (Wildman–Crippen MR) is 140 cm³/mol. The number of carbonyl (C=O) groups excluding carboxylic acids is 2. The molecular formula is C24H35N5O8S. The van der Waals surface area contributed by atoms with Gasteiger partial charge in [0, 0.05) is 50.4 Å². The van der Waals surface area contributed by atoms with Crippen molar-refractivity contribution in [3.63, 3.8) is 0 Å². The van der Waals surface area contributed by atoms with Crippen LogP contribution in [0.25, 0.3) is 11.5 Å². The van der Waals surface area contributed by atoms with Gasteiger partial charge in [-0.3, -0.25) is 9.59 Å². The molecule has 1 aromatic carbocycles. The van der Waals surface area contributed by atoms with E-state index in [1.54, 1.807) is 24.3 Å². The van der Waals surface area contributed by atoms with Gasteiger partial charge in [-0.05, 0) is 43.4 Å². The largest absolute Gasteiger partial charge is 0.465 e. The molecule has 0 radical (unpaired) electrons. The molecule has 13 nitrogen and oxygen atoms in total. The first kappa shape index (κ1) is 31.0. The van der Waals surface area contributed by atoms with Crippen molar-refractivity contribution in [1.82, 2.24) is 20.8 Å². The van der Waals surface area contributed by atoms with Gasteiger partial charge in [-0.15, -0.1) is 10.2 Å². The van der Waals surface area contributed by atoms with Crippen LogP contribution < -0.4 is 16.0 Å². The molecule has 210 valence electrons. The lowest BCUT2D eigenvalue weighted by atomic mass is 10.2. The third-order valence-electron chi connectivity index (χ3n) is 4.85. The van der Waals surface area contributed by atoms with Gasteiger partial charge in [0.2, 0.25) is 17.7 Å². The summed E-state index contributed by atoms with van der Waals surface area (Å²) in [6.45, 7) is 3.51. The minimum atomic E-state index is -1.04. The fraction of sp³-hybridized carbons (Fsp3) is 0.542. The molecule has 4 N–H and O–H groups in total. The topological polar surface area (TPSA) is 174 Å². The van der Waals surface area contributed by atoms with Gasteiger partial charge in [0.15, 0.2) is 0 Å². The quantitative estimate of drug-likeness (QED) is 0.140. The van der Waals surface area contributed by atoms with Crippen LogP contribution in [0.3, 0.4) is 0 Å². The summed E-state index contributed by atoms with van der Waals surface area (Å²) in [6, 6.07) is 7.02. The standard InChI is InChI=1S/C24H35N5O8S/c1-38-24-29-28-22(37-24)18-4-6-19(7-5-18)27-21(31)9-8-20(30)25-10-2-12-34-14-16-36-17-15-35-13-3-11-26-23(32)33/h4-7,26H,2-3,8-17H2,1H3,(H,25,30)(H,27,31)(H,32,33). The lowest BCUT2D eigenvalue weighted by Crippen LogP contribution is -2.26. The molecule has 38 heavy (non-hydrogen) atoms. The monoisotopic (exact) mass is 553 g/mol. The van der Waals surface area contributed by atoms with Crippen LogP contribution in [0.1, 0.15) is 25.7 Å². The average molecular weight is 554 g/mol. The van der Waals surface area contributed by atoms with Crippen molar-refractivity contribution >= 4 is 35.4 Å². The Balaban J connectivity index is 1.41. The number of anilines is 1. The van der Waals surface area contributed by atoms with Crippen LogP contribution in [0, 0.1) is 0 Å². The second-order valence-electron chi connectivity index (χ2n) is 7.83. The summed E-state index contributed by atoms with van der Waals surface area (Å²) in [5, 5.41) is 24.6. The zero-order valence-corrected chi connectivity index (χ0v) is 22.2. The highest BCUT2D eigenvalue weighted by Crippen LogP contribution is 2.23. The molecule has 0 unspecified atom stereocenters. The van der Waals surface area contributed by atoms with Crippen LogP contribution in [0.15, 0.2) is 33.9 Å². The third-order valence-corrected chi connectivity index (χ3v) is 5.36. The van der Waals surface area contributed by atoms with Crippen molar-refractivity contribution in [3.05, 3.63) is 24.3 Å². The van der Waals surface area contributed by atoms with Crippen molar-refractivity contribution in [2.24, 2.45) is 0 Å². The molecule has 1 heterocycles. The van der Waals surface area contributed by atoms with E-state index in [9.17, 15) is 14.4 Å². The number of rotatable bonds is 20. The van der Waals surface area contributed by atoms with Crippen LogP contribution in [0.2, 0.25) is 0 Å². The lowest BCUT2D eigenvalue weighted by molar-refractivity contribution is -0.124. The van der Waals surface area contributed by atoms with Crippen LogP contribution >= 0.6 is 11.8 Å². The molecule has 0 saturated heterocycles. The van der Waals surface area contributed by atoms with Crippen molar-refractivity contribution in [2.45, 2.75) is 30.9 Å². The van der Waals surface area contributed by atoms with Gasteiger partial charge in [0.05, 0.1) is 26.4 Å². The second-order valence-corrected chi connectivity index (χ2v) is 8.59. The highest BCUT2D eigenvalue weighted by molar-refractivity contribution is 7.98. The molecule has 0 atom stereocenters. The number of nitrogens with zero attached hydrogens (tertiary/aromatic N) is 2. The van der Waals surface area contributed by atoms with Crippen molar-refractivity contribution in [3.8, 4) is 11.5 Å². The van der Waals surface area contributed by atoms with Gasteiger partial charge in [-0.25, -0.2) is 4.79 Å². The molecule has 0 aliphatic carbocycles. The Morgan fingerprint density at radius 3 is 2.00 bits per heavy atom. The van der Waals surface area contributed by atoms with E-state index in [2.05, 4.69) is 26.1 Å². The van der Waals surface area contributed by atoms with E-state index in [1.165, 1.54) is 11.8 Å². The Bertz CT molecular complexity index is 973. The minimum Gasteiger partial charge on any atom is -0.465 e. The van der Waals surface area contributed by atoms with Crippen LogP contribution in [0.4, 0.5) is 10.5 Å². The summed E-state index contributed by atoms with van der Waals surface area (Å²) in [4.78, 5) is 34.4. The number of aromatic nitrogens is 2. The normalized spacial score (nSPS) is 10.8. The first-order valence-corrected chi connectivity index (χ1v) is 13.4. The first-order valence-electron chi connectivity index (χ1n) is 12.2. The number of nitrogens with one attached hydrogen (secondary N) is 3. The van der Waals surface area contributed by atoms with E-state index >= 15 is 0 Å². The first-order chi connectivity index (χ1) is 18.5. The van der Waals surface area contributed by atoms with Crippen molar-refractivity contribution in [2.75, 3.05) is 64.3 Å². The van der Waals surface area contributed by atoms with Gasteiger partial charge >= 0.3 is 6.09 Å². The Hall–Kier alpha value is -3.20. The average Bonchev–Trinajstić information content (AvgIpc) is 3.39. The summed E-state index contributed by atoms with van der Waals surface area (Å²) < 4.78 is 21.6. The SMILES string of the molecule is CSc1nnc(-c2ccc(NC(=O)CCC(=O)NCCCOCCOCCOCCCNC(=O)O)cc2)o1. The number of thioether (sulfide) groups is 1. The maximum absolute atomic E-state index is 12.1. The molecule has 0 spiro atoms. The van der Waals surface area contributed by atoms with Crippen molar-refractivity contribution in [1.29, 1.82) is 0 Å². The lowest BCUT2D eigenvalue weighted by Gasteiger charge is -2.08. The van der Waals surface area contributed by atoms with Gasteiger partial charge < -0.3 is 39.7 Å². The highest BCUT2D eigenvalue weighted by atomic mass is 32.2. The molecule has 14 heteroatoms. The van der Waals surface area contributed by atoms with Crippen LogP contribution in [-0.2, 0) is 23.8 Å². The maximum atomic E-state index is 12.1. The molecule has 0 saturated carbocycles. The molecule has 2 rings (SSSR count). The molecule has 0 bridgehead atoms. The van der Waals surface area contributed by atoms with Crippen LogP contribution in [0.5, 0.6) is 0 Å². The molecule has 0 aliphatic rings. The van der Waals surface area contributed by atoms with E-state index in [1.807, 2.05) is 6.26 Å². The van der Waals surface area contributed by atoms with E-state index in [0.29, 0.717) is 82.4 Å². The van der Waals surface area contributed by atoms with E-state index in [0.717, 1.165) is 5.56 Å². The van der Waals surface area contributed by atoms with E-state index in [4.69, 9.17) is 23.7 Å². The number of amides is 3. The van der Waals surface area contributed by atoms with Gasteiger partial charge in [-0.1, -0.05) is 11.8 Å². The molecule has 1 aromatic heterocycles. The summed E-state index contributed by atoms with van der Waals surface area (Å²) in [5.41, 5.74) is 1.36. The molecule has 0 fully saturated rings. The number of hydrogen-bond acceptors (Lipinski definition) is 10. The Morgan fingerprint density at radius 2 is 1.42 bits per heavy atom. The van der Waals surface area contributed by atoms with Crippen molar-refractivity contribution < 1.29 is 38.1 Å². The van der Waals surface area contributed by atoms with E-state index < -0.39 is 6.09 Å². The van der Waals surface area contributed by atoms with Gasteiger partial charge in [-0.2, -0.15) is 0 Å². The Kier molecular flexibility index (Phi) is 15.5. The molecular weight excluding hydrogens is 518 g/mol. The minimum absolute atomic E-state index is 0.0745. The Morgan fingerprint density at radius 1 is 0.842 bits per heavy atom. The fourth-order valence-corrected chi connectivity index (χ4v) is 3.24. The number of carboxylic acid groups (broad SMARTS) is 1. The zero-order chi connectivity index (χ0) is 27.4. The third kappa shape index (κ3) is 13.9. The molecule has 3 amide bonds. The molecule has 2 aromatic rings. The fourth-order valence-electron chi connectivity index (χ4n) is 2.96. The van der Waals surface area contributed by atoms with Gasteiger partial charge in [0.25, 0.3) is 5.22 Å².